The fourth-order valence-electron chi connectivity index (χ4n) is 5.27. The second-order valence-corrected chi connectivity index (χ2v) is 12.8. The van der Waals surface area contributed by atoms with E-state index in [9.17, 15) is 13.2 Å². The fourth-order valence-corrected chi connectivity index (χ4v) is 6.33. The summed E-state index contributed by atoms with van der Waals surface area (Å²) >= 11 is 0. The standard InChI is InChI=1S/C28H30N6O3S/c1-17(2)38(36,37)22-6-3-19(4-7-22)24-13-30-27-26(32-24)25(14-31-27)34-16-20-11-21(5-8-23(20)28(34)35)33-10-9-18(12-29)15-33/h3-8,11,13-14,17-18H,9-10,12,15-16,29H2,1-2H3,(H,30,31)/t18-/m0/s1. The molecule has 4 heterocycles. The number of anilines is 2. The molecule has 38 heavy (non-hydrogen) atoms. The first kappa shape index (κ1) is 24.6. The van der Waals surface area contributed by atoms with Gasteiger partial charge < -0.3 is 20.5 Å². The molecule has 3 N–H and O–H groups in total. The first-order valence-corrected chi connectivity index (χ1v) is 14.4. The third-order valence-electron chi connectivity index (χ3n) is 7.63. The molecule has 2 aliphatic rings. The molecule has 0 unspecified atom stereocenters. The molecule has 196 valence electrons. The van der Waals surface area contributed by atoms with Crippen molar-refractivity contribution in [1.29, 1.82) is 0 Å². The van der Waals surface area contributed by atoms with Crippen molar-refractivity contribution in [3.63, 3.8) is 0 Å². The molecule has 2 aromatic carbocycles. The molecule has 4 aromatic rings. The zero-order chi connectivity index (χ0) is 26.6. The molecule has 1 amide bonds. The Kier molecular flexibility index (Phi) is 5.96. The van der Waals surface area contributed by atoms with Crippen molar-refractivity contribution < 1.29 is 13.2 Å². The van der Waals surface area contributed by atoms with Crippen LogP contribution in [0.3, 0.4) is 0 Å². The van der Waals surface area contributed by atoms with Crippen LogP contribution in [0.25, 0.3) is 22.4 Å². The number of hydrogen-bond donors (Lipinski definition) is 2. The van der Waals surface area contributed by atoms with Crippen molar-refractivity contribution in [3.05, 3.63) is 66.0 Å². The molecule has 0 radical (unpaired) electrons. The van der Waals surface area contributed by atoms with Gasteiger partial charge in [0.2, 0.25) is 0 Å². The molecule has 1 fully saturated rings. The number of nitrogens with one attached hydrogen (secondary N) is 1. The van der Waals surface area contributed by atoms with Crippen LogP contribution < -0.4 is 15.5 Å². The Bertz CT molecular complexity index is 1650. The van der Waals surface area contributed by atoms with E-state index in [-0.39, 0.29) is 10.8 Å². The van der Waals surface area contributed by atoms with Crippen LogP contribution in [0.5, 0.6) is 0 Å². The van der Waals surface area contributed by atoms with E-state index in [1.165, 1.54) is 0 Å². The number of aromatic nitrogens is 3. The Hall–Kier alpha value is -3.76. The highest BCUT2D eigenvalue weighted by Crippen LogP contribution is 2.35. The largest absolute Gasteiger partial charge is 0.371 e. The monoisotopic (exact) mass is 530 g/mol. The number of carbonyl (C=O) groups excluding carboxylic acids is 1. The predicted molar refractivity (Wildman–Crippen MR) is 148 cm³/mol. The van der Waals surface area contributed by atoms with Crippen LogP contribution >= 0.6 is 0 Å². The molecule has 2 aliphatic heterocycles. The maximum Gasteiger partial charge on any atom is 0.259 e. The molecule has 0 bridgehead atoms. The normalized spacial score (nSPS) is 17.7. The zero-order valence-corrected chi connectivity index (χ0v) is 22.2. The van der Waals surface area contributed by atoms with Gasteiger partial charge in [-0.2, -0.15) is 0 Å². The summed E-state index contributed by atoms with van der Waals surface area (Å²) in [5.74, 6) is 0.445. The van der Waals surface area contributed by atoms with Gasteiger partial charge in [0.25, 0.3) is 5.91 Å². The molecule has 6 rings (SSSR count). The van der Waals surface area contributed by atoms with Crippen LogP contribution in [-0.2, 0) is 16.4 Å². The number of carbonyl (C=O) groups is 1. The molecule has 0 spiro atoms. The number of benzene rings is 2. The van der Waals surface area contributed by atoms with Gasteiger partial charge >= 0.3 is 0 Å². The topological polar surface area (TPSA) is 125 Å². The second-order valence-electron chi connectivity index (χ2n) is 10.3. The minimum Gasteiger partial charge on any atom is -0.371 e. The highest BCUT2D eigenvalue weighted by molar-refractivity contribution is 7.92. The molecule has 0 aliphatic carbocycles. The fraction of sp³-hybridized carbons (Fsp3) is 0.321. The van der Waals surface area contributed by atoms with Crippen molar-refractivity contribution in [1.82, 2.24) is 15.0 Å². The maximum atomic E-state index is 13.4. The van der Waals surface area contributed by atoms with Gasteiger partial charge in [0, 0.05) is 36.1 Å². The number of sulfone groups is 1. The quantitative estimate of drug-likeness (QED) is 0.389. The van der Waals surface area contributed by atoms with E-state index in [1.54, 1.807) is 55.4 Å². The number of nitrogens with zero attached hydrogens (tertiary/aromatic N) is 4. The van der Waals surface area contributed by atoms with E-state index < -0.39 is 15.1 Å². The van der Waals surface area contributed by atoms with Crippen molar-refractivity contribution in [3.8, 4) is 11.3 Å². The minimum atomic E-state index is -3.36. The summed E-state index contributed by atoms with van der Waals surface area (Å²) in [6.07, 6.45) is 4.50. The van der Waals surface area contributed by atoms with Crippen molar-refractivity contribution in [2.24, 2.45) is 11.7 Å². The van der Waals surface area contributed by atoms with Gasteiger partial charge in [-0.15, -0.1) is 0 Å². The Labute approximate surface area is 221 Å². The molecule has 9 nitrogen and oxygen atoms in total. The third kappa shape index (κ3) is 4.04. The lowest BCUT2D eigenvalue weighted by atomic mass is 10.1. The molecule has 0 saturated carbocycles. The summed E-state index contributed by atoms with van der Waals surface area (Å²) < 4.78 is 25.0. The lowest BCUT2D eigenvalue weighted by molar-refractivity contribution is 0.0997. The Morgan fingerprint density at radius 1 is 1.16 bits per heavy atom. The van der Waals surface area contributed by atoms with Crippen LogP contribution in [0, 0.1) is 5.92 Å². The van der Waals surface area contributed by atoms with Gasteiger partial charge in [-0.3, -0.25) is 4.79 Å². The minimum absolute atomic E-state index is 0.0656. The van der Waals surface area contributed by atoms with Gasteiger partial charge in [-0.05, 0) is 68.6 Å². The van der Waals surface area contributed by atoms with Crippen molar-refractivity contribution in [2.45, 2.75) is 37.0 Å². The highest BCUT2D eigenvalue weighted by Gasteiger charge is 2.32. The lowest BCUT2D eigenvalue weighted by Crippen LogP contribution is -2.22. The second kappa shape index (κ2) is 9.21. The number of amides is 1. The van der Waals surface area contributed by atoms with E-state index in [0.29, 0.717) is 47.1 Å². The van der Waals surface area contributed by atoms with E-state index >= 15 is 0 Å². The van der Waals surface area contributed by atoms with E-state index in [4.69, 9.17) is 10.7 Å². The zero-order valence-electron chi connectivity index (χ0n) is 21.4. The van der Waals surface area contributed by atoms with E-state index in [2.05, 4.69) is 20.9 Å². The first-order chi connectivity index (χ1) is 18.3. The SMILES string of the molecule is CC(C)S(=O)(=O)c1ccc(-c2cnc3[nH]cc(N4Cc5cc(N6CC[C@@H](CN)C6)ccc5C4=O)c3n2)cc1. The number of H-pyrrole nitrogens is 1. The number of fused-ring (bicyclic) bond motifs is 2. The first-order valence-electron chi connectivity index (χ1n) is 12.8. The maximum absolute atomic E-state index is 13.4. The number of nitrogens with two attached hydrogens (primary N) is 1. The van der Waals surface area contributed by atoms with Gasteiger partial charge in [-0.1, -0.05) is 12.1 Å². The number of hydrogen-bond acceptors (Lipinski definition) is 7. The van der Waals surface area contributed by atoms with Crippen LogP contribution in [-0.4, -0.2) is 54.2 Å². The summed E-state index contributed by atoms with van der Waals surface area (Å²) in [5.41, 5.74) is 11.9. The third-order valence-corrected chi connectivity index (χ3v) is 9.80. The summed E-state index contributed by atoms with van der Waals surface area (Å²) in [6, 6.07) is 12.7. The summed E-state index contributed by atoms with van der Waals surface area (Å²) in [4.78, 5) is 30.2. The Morgan fingerprint density at radius 3 is 2.66 bits per heavy atom. The van der Waals surface area contributed by atoms with Crippen LogP contribution in [0.15, 0.2) is 59.8 Å². The van der Waals surface area contributed by atoms with E-state index in [0.717, 1.165) is 36.3 Å². The Balaban J connectivity index is 1.29. The summed E-state index contributed by atoms with van der Waals surface area (Å²) in [7, 11) is -3.36. The van der Waals surface area contributed by atoms with Gasteiger partial charge in [0.1, 0.15) is 5.52 Å². The average molecular weight is 531 g/mol. The molecule has 10 heteroatoms. The summed E-state index contributed by atoms with van der Waals surface area (Å²) in [6.45, 7) is 6.40. The van der Waals surface area contributed by atoms with Crippen molar-refractivity contribution >= 4 is 38.3 Å². The van der Waals surface area contributed by atoms with Gasteiger partial charge in [0.15, 0.2) is 15.5 Å². The highest BCUT2D eigenvalue weighted by atomic mass is 32.2. The van der Waals surface area contributed by atoms with Crippen LogP contribution in [0.1, 0.15) is 36.2 Å². The average Bonchev–Trinajstić information content (AvgIpc) is 3.65. The summed E-state index contributed by atoms with van der Waals surface area (Å²) in [5, 5.41) is -0.497. The molecule has 1 atom stereocenters. The predicted octanol–water partition coefficient (Wildman–Crippen LogP) is 3.75. The van der Waals surface area contributed by atoms with Crippen LogP contribution in [0.4, 0.5) is 11.4 Å². The number of aromatic amines is 1. The number of rotatable bonds is 6. The van der Waals surface area contributed by atoms with Gasteiger partial charge in [-0.25, -0.2) is 18.4 Å². The van der Waals surface area contributed by atoms with Gasteiger partial charge in [0.05, 0.1) is 34.3 Å². The molecule has 2 aromatic heterocycles. The smallest absolute Gasteiger partial charge is 0.259 e. The molecular formula is C28H30N6O3S. The van der Waals surface area contributed by atoms with Crippen molar-refractivity contribution in [2.75, 3.05) is 29.4 Å². The van der Waals surface area contributed by atoms with Crippen LogP contribution in [0.2, 0.25) is 0 Å². The lowest BCUT2D eigenvalue weighted by Gasteiger charge is -2.19. The molecular weight excluding hydrogens is 500 g/mol. The van der Waals surface area contributed by atoms with E-state index in [1.807, 2.05) is 12.1 Å². The Morgan fingerprint density at radius 2 is 1.95 bits per heavy atom. The molecule has 1 saturated heterocycles.